The van der Waals surface area contributed by atoms with Crippen LogP contribution in [-0.4, -0.2) is 52.6 Å². The highest BCUT2D eigenvalue weighted by molar-refractivity contribution is 14.0. The van der Waals surface area contributed by atoms with Crippen molar-refractivity contribution in [2.45, 2.75) is 25.5 Å². The third-order valence-electron chi connectivity index (χ3n) is 3.71. The number of hydrogen-bond acceptors (Lipinski definition) is 4. The molecule has 7 heteroatoms. The molecule has 1 aliphatic rings. The van der Waals surface area contributed by atoms with Gasteiger partial charge in [0.25, 0.3) is 0 Å². The maximum absolute atomic E-state index is 5.62. The van der Waals surface area contributed by atoms with Crippen molar-refractivity contribution >= 4 is 29.9 Å². The molecule has 0 aliphatic carbocycles. The zero-order chi connectivity index (χ0) is 16.3. The van der Waals surface area contributed by atoms with Gasteiger partial charge in [-0.25, -0.2) is 0 Å². The molecular weight excluding hydrogens is 421 g/mol. The van der Waals surface area contributed by atoms with Gasteiger partial charge in [-0.05, 0) is 30.5 Å². The van der Waals surface area contributed by atoms with Gasteiger partial charge in [0.1, 0.15) is 5.75 Å². The number of nitrogens with zero attached hydrogens (tertiary/aromatic N) is 1. The molecule has 0 spiro atoms. The lowest BCUT2D eigenvalue weighted by Crippen LogP contribution is -2.38. The maximum atomic E-state index is 5.62. The van der Waals surface area contributed by atoms with Crippen molar-refractivity contribution in [2.75, 3.05) is 40.5 Å². The third-order valence-corrected chi connectivity index (χ3v) is 3.71. The molecule has 1 unspecified atom stereocenters. The van der Waals surface area contributed by atoms with Crippen LogP contribution in [0.1, 0.15) is 18.4 Å². The van der Waals surface area contributed by atoms with E-state index >= 15 is 0 Å². The minimum absolute atomic E-state index is 0. The molecule has 6 nitrogen and oxygen atoms in total. The summed E-state index contributed by atoms with van der Waals surface area (Å²) in [5.41, 5.74) is 1.17. The van der Waals surface area contributed by atoms with Crippen LogP contribution < -0.4 is 15.4 Å². The molecule has 0 aromatic heterocycles. The number of aliphatic imine (C=N–C) groups is 1. The number of halogens is 1. The first-order valence-corrected chi connectivity index (χ1v) is 8.08. The van der Waals surface area contributed by atoms with Crippen LogP contribution in [0.3, 0.4) is 0 Å². The van der Waals surface area contributed by atoms with E-state index < -0.39 is 0 Å². The molecule has 0 bridgehead atoms. The number of guanidine groups is 1. The third kappa shape index (κ3) is 7.67. The van der Waals surface area contributed by atoms with Crippen molar-refractivity contribution in [3.8, 4) is 5.75 Å². The van der Waals surface area contributed by atoms with E-state index in [9.17, 15) is 0 Å². The van der Waals surface area contributed by atoms with Crippen LogP contribution in [0.5, 0.6) is 5.75 Å². The Bertz CT molecular complexity index is 476. The molecule has 0 saturated carbocycles. The van der Waals surface area contributed by atoms with Gasteiger partial charge in [-0.2, -0.15) is 0 Å². The summed E-state index contributed by atoms with van der Waals surface area (Å²) in [6.45, 7) is 3.62. The molecule has 1 fully saturated rings. The Balaban J connectivity index is 0.00000288. The lowest BCUT2D eigenvalue weighted by atomic mass is 10.2. The molecule has 0 radical (unpaired) electrons. The SMILES string of the molecule is CN=C(NCCOCC1CCCO1)NCc1ccc(OC)cc1.I. The van der Waals surface area contributed by atoms with E-state index in [0.29, 0.717) is 19.8 Å². The monoisotopic (exact) mass is 449 g/mol. The van der Waals surface area contributed by atoms with Crippen molar-refractivity contribution in [3.05, 3.63) is 29.8 Å². The highest BCUT2D eigenvalue weighted by atomic mass is 127. The number of rotatable bonds is 8. The van der Waals surface area contributed by atoms with Crippen LogP contribution in [0.25, 0.3) is 0 Å². The molecule has 1 aliphatic heterocycles. The summed E-state index contributed by atoms with van der Waals surface area (Å²) in [5, 5.41) is 6.51. The summed E-state index contributed by atoms with van der Waals surface area (Å²) in [5.74, 6) is 1.63. The normalized spacial score (nSPS) is 17.2. The number of benzene rings is 1. The summed E-state index contributed by atoms with van der Waals surface area (Å²) < 4.78 is 16.3. The standard InChI is InChI=1S/C17H27N3O3.HI/c1-18-17(19-9-11-22-13-16-4-3-10-23-16)20-12-14-5-7-15(21-2)8-6-14;/h5-8,16H,3-4,9-13H2,1-2H3,(H2,18,19,20);1H. The predicted molar refractivity (Wildman–Crippen MR) is 106 cm³/mol. The zero-order valence-electron chi connectivity index (χ0n) is 14.4. The number of hydrogen-bond donors (Lipinski definition) is 2. The quantitative estimate of drug-likeness (QED) is 0.276. The van der Waals surface area contributed by atoms with Crippen LogP contribution in [-0.2, 0) is 16.0 Å². The highest BCUT2D eigenvalue weighted by Crippen LogP contribution is 2.12. The molecular formula is C17H28IN3O3. The first kappa shape index (κ1) is 21.0. The fraction of sp³-hybridized carbons (Fsp3) is 0.588. The Morgan fingerprint density at radius 1 is 1.29 bits per heavy atom. The van der Waals surface area contributed by atoms with Crippen molar-refractivity contribution in [2.24, 2.45) is 4.99 Å². The molecule has 2 N–H and O–H groups in total. The molecule has 136 valence electrons. The first-order valence-electron chi connectivity index (χ1n) is 8.08. The van der Waals surface area contributed by atoms with Crippen LogP contribution in [0.15, 0.2) is 29.3 Å². The van der Waals surface area contributed by atoms with E-state index in [1.54, 1.807) is 14.2 Å². The molecule has 0 amide bonds. The van der Waals surface area contributed by atoms with Crippen LogP contribution in [0.2, 0.25) is 0 Å². The van der Waals surface area contributed by atoms with Crippen LogP contribution >= 0.6 is 24.0 Å². The van der Waals surface area contributed by atoms with Gasteiger partial charge in [-0.1, -0.05) is 12.1 Å². The fourth-order valence-electron chi connectivity index (χ4n) is 2.38. The summed E-state index contributed by atoms with van der Waals surface area (Å²) in [6.07, 6.45) is 2.54. The lowest BCUT2D eigenvalue weighted by Gasteiger charge is -2.13. The second-order valence-corrected chi connectivity index (χ2v) is 5.41. The summed E-state index contributed by atoms with van der Waals surface area (Å²) >= 11 is 0. The highest BCUT2D eigenvalue weighted by Gasteiger charge is 2.14. The van der Waals surface area contributed by atoms with Crippen LogP contribution in [0.4, 0.5) is 0 Å². The molecule has 1 atom stereocenters. The van der Waals surface area contributed by atoms with Crippen molar-refractivity contribution in [1.82, 2.24) is 10.6 Å². The summed E-state index contributed by atoms with van der Waals surface area (Å²) in [6, 6.07) is 7.96. The minimum atomic E-state index is 0. The van der Waals surface area contributed by atoms with Gasteiger partial charge in [0.2, 0.25) is 0 Å². The Morgan fingerprint density at radius 2 is 2.08 bits per heavy atom. The van der Waals surface area contributed by atoms with E-state index in [4.69, 9.17) is 14.2 Å². The van der Waals surface area contributed by atoms with E-state index in [2.05, 4.69) is 15.6 Å². The fourth-order valence-corrected chi connectivity index (χ4v) is 2.38. The molecule has 1 aromatic carbocycles. The van der Waals surface area contributed by atoms with E-state index in [1.807, 2.05) is 24.3 Å². The lowest BCUT2D eigenvalue weighted by molar-refractivity contribution is 0.0191. The largest absolute Gasteiger partial charge is 0.497 e. The Morgan fingerprint density at radius 3 is 2.71 bits per heavy atom. The van der Waals surface area contributed by atoms with Gasteiger partial charge in [0.05, 0.1) is 26.4 Å². The van der Waals surface area contributed by atoms with Gasteiger partial charge in [-0.15, -0.1) is 24.0 Å². The van der Waals surface area contributed by atoms with Crippen LogP contribution in [0, 0.1) is 0 Å². The van der Waals surface area contributed by atoms with Crippen molar-refractivity contribution < 1.29 is 14.2 Å². The number of methoxy groups -OCH3 is 1. The average molecular weight is 449 g/mol. The first-order chi connectivity index (χ1) is 11.3. The molecule has 24 heavy (non-hydrogen) atoms. The minimum Gasteiger partial charge on any atom is -0.497 e. The Kier molecular flexibility index (Phi) is 10.8. The molecule has 1 heterocycles. The Labute approximate surface area is 161 Å². The second-order valence-electron chi connectivity index (χ2n) is 5.41. The smallest absolute Gasteiger partial charge is 0.191 e. The zero-order valence-corrected chi connectivity index (χ0v) is 16.7. The predicted octanol–water partition coefficient (Wildman–Crippen LogP) is 2.17. The number of ether oxygens (including phenoxy) is 3. The molecule has 1 aromatic rings. The van der Waals surface area contributed by atoms with Gasteiger partial charge in [0.15, 0.2) is 5.96 Å². The molecule has 1 saturated heterocycles. The molecule has 2 rings (SSSR count). The van der Waals surface area contributed by atoms with E-state index in [1.165, 1.54) is 5.56 Å². The summed E-state index contributed by atoms with van der Waals surface area (Å²) in [7, 11) is 3.43. The van der Waals surface area contributed by atoms with Gasteiger partial charge < -0.3 is 24.8 Å². The van der Waals surface area contributed by atoms with E-state index in [0.717, 1.165) is 37.7 Å². The Hall–Kier alpha value is -1.06. The topological polar surface area (TPSA) is 64.1 Å². The van der Waals surface area contributed by atoms with Gasteiger partial charge in [-0.3, -0.25) is 4.99 Å². The van der Waals surface area contributed by atoms with E-state index in [-0.39, 0.29) is 30.1 Å². The summed E-state index contributed by atoms with van der Waals surface area (Å²) in [4.78, 5) is 4.20. The van der Waals surface area contributed by atoms with Crippen molar-refractivity contribution in [3.63, 3.8) is 0 Å². The maximum Gasteiger partial charge on any atom is 0.191 e. The number of nitrogens with one attached hydrogen (secondary N) is 2. The second kappa shape index (κ2) is 12.3. The van der Waals surface area contributed by atoms with Gasteiger partial charge >= 0.3 is 0 Å². The van der Waals surface area contributed by atoms with Crippen molar-refractivity contribution in [1.29, 1.82) is 0 Å². The average Bonchev–Trinajstić information content (AvgIpc) is 3.11. The van der Waals surface area contributed by atoms with Gasteiger partial charge in [0, 0.05) is 26.7 Å².